The van der Waals surface area contributed by atoms with Crippen LogP contribution < -0.4 is 24.6 Å². The predicted molar refractivity (Wildman–Crippen MR) is 164 cm³/mol. The minimum absolute atomic E-state index is 0.241. The minimum atomic E-state index is -5.84. The summed E-state index contributed by atoms with van der Waals surface area (Å²) in [6.07, 6.45) is 0. The van der Waals surface area contributed by atoms with E-state index >= 15 is 0 Å². The lowest BCUT2D eigenvalue weighted by Crippen LogP contribution is -2.25. The zero-order chi connectivity index (χ0) is 32.9. The van der Waals surface area contributed by atoms with Crippen LogP contribution in [0.2, 0.25) is 0 Å². The summed E-state index contributed by atoms with van der Waals surface area (Å²) in [5, 5.41) is 2.04. The van der Waals surface area contributed by atoms with E-state index in [1.54, 1.807) is 0 Å². The van der Waals surface area contributed by atoms with Crippen molar-refractivity contribution in [2.24, 2.45) is 0 Å². The third kappa shape index (κ3) is 13.0. The van der Waals surface area contributed by atoms with Crippen LogP contribution in [0.1, 0.15) is 62.3 Å². The Kier molecular flexibility index (Phi) is 11.0. The normalized spacial score (nSPS) is 12.5. The van der Waals surface area contributed by atoms with E-state index < -0.39 is 15.6 Å². The molecule has 0 aliphatic heterocycles. The van der Waals surface area contributed by atoms with Gasteiger partial charge < -0.3 is 14.2 Å². The fourth-order valence-corrected chi connectivity index (χ4v) is 3.39. The molecular weight excluding hydrogens is 585 g/mol. The van der Waals surface area contributed by atoms with Crippen LogP contribution >= 0.6 is 0 Å². The summed E-state index contributed by atoms with van der Waals surface area (Å²) in [4.78, 5) is 0. The number of nitrogens with zero attached hydrogens (tertiary/aromatic N) is 1. The van der Waals surface area contributed by atoms with Gasteiger partial charge in [-0.15, -0.1) is 0 Å². The Morgan fingerprint density at radius 1 is 0.581 bits per heavy atom. The quantitative estimate of drug-likeness (QED) is 0.153. The van der Waals surface area contributed by atoms with Crippen LogP contribution in [0.4, 0.5) is 30.2 Å². The molecule has 0 atom stereocenters. The topological polar surface area (TPSA) is 97.3 Å². The van der Waals surface area contributed by atoms with E-state index in [0.29, 0.717) is 0 Å². The standard InChI is InChI=1S/C30H40N2O3.CHF3O3S/c1-28(2,3)33-25-16-10-22(11-17-25)31-32(23-12-18-26(19-13-23)34-29(4,5)6)24-14-20-27(21-15-24)35-30(7,8)9;2-1(3,4)8(5,6)7/h10-21,31H,1-9H3;(H,5,6,7). The lowest BCUT2D eigenvalue weighted by atomic mass is 10.2. The third-order valence-corrected chi connectivity index (χ3v) is 5.43. The summed E-state index contributed by atoms with van der Waals surface area (Å²) >= 11 is 0. The van der Waals surface area contributed by atoms with Gasteiger partial charge in [0.2, 0.25) is 0 Å². The number of nitrogens with one attached hydrogen (secondary N) is 1. The van der Waals surface area contributed by atoms with E-state index in [-0.39, 0.29) is 16.8 Å². The number of benzene rings is 3. The number of hydrogen-bond donors (Lipinski definition) is 2. The third-order valence-electron chi connectivity index (χ3n) is 4.85. The van der Waals surface area contributed by atoms with Crippen molar-refractivity contribution in [1.82, 2.24) is 0 Å². The first kappa shape index (κ1) is 35.6. The number of hydrogen-bond acceptors (Lipinski definition) is 7. The van der Waals surface area contributed by atoms with E-state index in [9.17, 15) is 13.2 Å². The summed E-state index contributed by atoms with van der Waals surface area (Å²) in [5.74, 6) is 2.50. The molecule has 0 saturated carbocycles. The average molecular weight is 627 g/mol. The van der Waals surface area contributed by atoms with E-state index in [4.69, 9.17) is 27.2 Å². The Balaban J connectivity index is 0.000000708. The van der Waals surface area contributed by atoms with Gasteiger partial charge in [0.05, 0.1) is 17.1 Å². The molecule has 0 fully saturated rings. The first-order valence-corrected chi connectivity index (χ1v) is 14.8. The monoisotopic (exact) mass is 626 g/mol. The van der Waals surface area contributed by atoms with Crippen LogP contribution in [0, 0.1) is 0 Å². The molecule has 8 nitrogen and oxygen atoms in total. The maximum Gasteiger partial charge on any atom is 0.522 e. The molecule has 0 amide bonds. The summed E-state index contributed by atoms with van der Waals surface area (Å²) < 4.78 is 75.5. The van der Waals surface area contributed by atoms with Gasteiger partial charge in [0.15, 0.2) is 0 Å². The Morgan fingerprint density at radius 2 is 0.837 bits per heavy atom. The van der Waals surface area contributed by atoms with Crippen molar-refractivity contribution in [1.29, 1.82) is 0 Å². The molecule has 0 unspecified atom stereocenters. The van der Waals surface area contributed by atoms with Crippen LogP contribution in [-0.2, 0) is 10.1 Å². The second kappa shape index (κ2) is 13.3. The van der Waals surface area contributed by atoms with E-state index in [1.807, 2.05) is 140 Å². The maximum absolute atomic E-state index is 10.7. The molecule has 3 aromatic carbocycles. The van der Waals surface area contributed by atoms with E-state index in [0.717, 1.165) is 34.3 Å². The van der Waals surface area contributed by atoms with Crippen molar-refractivity contribution in [3.63, 3.8) is 0 Å². The van der Waals surface area contributed by atoms with Gasteiger partial charge in [-0.3, -0.25) is 15.0 Å². The molecule has 0 saturated heterocycles. The second-order valence-electron chi connectivity index (χ2n) is 12.5. The fourth-order valence-electron chi connectivity index (χ4n) is 3.39. The van der Waals surface area contributed by atoms with Crippen molar-refractivity contribution in [2.75, 3.05) is 10.4 Å². The molecule has 0 radical (unpaired) electrons. The zero-order valence-corrected chi connectivity index (χ0v) is 26.7. The average Bonchev–Trinajstić information content (AvgIpc) is 2.81. The molecular formula is C31H41F3N2O6S. The summed E-state index contributed by atoms with van der Waals surface area (Å²) in [6.45, 7) is 18.4. The highest BCUT2D eigenvalue weighted by molar-refractivity contribution is 7.86. The van der Waals surface area contributed by atoms with Crippen molar-refractivity contribution in [2.45, 2.75) is 84.6 Å². The Labute approximate surface area is 252 Å². The fraction of sp³-hybridized carbons (Fsp3) is 0.419. The summed E-state index contributed by atoms with van der Waals surface area (Å²) in [6, 6.07) is 24.1. The minimum Gasteiger partial charge on any atom is -0.488 e. The first-order valence-electron chi connectivity index (χ1n) is 13.4. The van der Waals surface area contributed by atoms with Gasteiger partial charge in [-0.1, -0.05) is 0 Å². The lowest BCUT2D eigenvalue weighted by Gasteiger charge is -2.28. The van der Waals surface area contributed by atoms with Gasteiger partial charge in [0.25, 0.3) is 0 Å². The van der Waals surface area contributed by atoms with Gasteiger partial charge in [-0.2, -0.15) is 21.6 Å². The Bertz CT molecular complexity index is 1350. The molecule has 238 valence electrons. The number of alkyl halides is 3. The molecule has 3 aromatic rings. The molecule has 0 aromatic heterocycles. The van der Waals surface area contributed by atoms with Gasteiger partial charge in [0.1, 0.15) is 34.1 Å². The van der Waals surface area contributed by atoms with Crippen molar-refractivity contribution < 1.29 is 40.4 Å². The Morgan fingerprint density at radius 3 is 1.07 bits per heavy atom. The zero-order valence-electron chi connectivity index (χ0n) is 25.9. The highest BCUT2D eigenvalue weighted by atomic mass is 32.2. The van der Waals surface area contributed by atoms with E-state index in [1.165, 1.54) is 0 Å². The molecule has 0 aliphatic carbocycles. The number of halogens is 3. The van der Waals surface area contributed by atoms with Crippen LogP contribution in [-0.4, -0.2) is 35.3 Å². The number of hydrazine groups is 1. The van der Waals surface area contributed by atoms with Crippen LogP contribution in [0.5, 0.6) is 17.2 Å². The maximum atomic E-state index is 10.7. The smallest absolute Gasteiger partial charge is 0.488 e. The largest absolute Gasteiger partial charge is 0.522 e. The van der Waals surface area contributed by atoms with Crippen molar-refractivity contribution in [3.8, 4) is 17.2 Å². The number of anilines is 3. The molecule has 12 heteroatoms. The first-order chi connectivity index (χ1) is 19.4. The molecule has 0 aliphatic rings. The lowest BCUT2D eigenvalue weighted by molar-refractivity contribution is -0.0510. The SMILES string of the molecule is CC(C)(C)Oc1ccc(NN(c2ccc(OC(C)(C)C)cc2)c2ccc(OC(C)(C)C)cc2)cc1.O=S(=O)(O)C(F)(F)F. The molecule has 0 spiro atoms. The molecule has 0 heterocycles. The molecule has 0 bridgehead atoms. The summed E-state index contributed by atoms with van der Waals surface area (Å²) in [7, 11) is -5.84. The highest BCUT2D eigenvalue weighted by Crippen LogP contribution is 2.32. The Hall–Kier alpha value is -3.64. The predicted octanol–water partition coefficient (Wildman–Crippen LogP) is 8.78. The molecule has 43 heavy (non-hydrogen) atoms. The van der Waals surface area contributed by atoms with Crippen LogP contribution in [0.3, 0.4) is 0 Å². The van der Waals surface area contributed by atoms with Crippen molar-refractivity contribution >= 4 is 27.2 Å². The molecule has 2 N–H and O–H groups in total. The second-order valence-corrected chi connectivity index (χ2v) is 13.9. The van der Waals surface area contributed by atoms with Gasteiger partial charge in [0, 0.05) is 0 Å². The number of ether oxygens (including phenoxy) is 3. The number of rotatable bonds is 7. The van der Waals surface area contributed by atoms with Gasteiger partial charge in [-0.05, 0) is 135 Å². The summed E-state index contributed by atoms with van der Waals surface area (Å²) in [5.41, 5.74) is 0.152. The van der Waals surface area contributed by atoms with E-state index in [2.05, 4.69) is 5.43 Å². The van der Waals surface area contributed by atoms with Crippen molar-refractivity contribution in [3.05, 3.63) is 72.8 Å². The van der Waals surface area contributed by atoms with Gasteiger partial charge in [-0.25, -0.2) is 0 Å². The van der Waals surface area contributed by atoms with Crippen LogP contribution in [0.25, 0.3) is 0 Å². The van der Waals surface area contributed by atoms with Crippen LogP contribution in [0.15, 0.2) is 72.8 Å². The van der Waals surface area contributed by atoms with Gasteiger partial charge >= 0.3 is 15.6 Å². The molecule has 3 rings (SSSR count). The highest BCUT2D eigenvalue weighted by Gasteiger charge is 2.44.